The first-order valence-electron chi connectivity index (χ1n) is 5.85. The van der Waals surface area contributed by atoms with Gasteiger partial charge >= 0.3 is 5.97 Å². The Morgan fingerprint density at radius 3 is 2.27 bits per heavy atom. The molecule has 90 valence electrons. The fourth-order valence-corrected chi connectivity index (χ4v) is 1.41. The third-order valence-electron chi connectivity index (χ3n) is 2.53. The van der Waals surface area contributed by atoms with E-state index in [1.165, 1.54) is 0 Å². The minimum Gasteiger partial charge on any atom is -0.465 e. The van der Waals surface area contributed by atoms with Crippen molar-refractivity contribution in [2.75, 3.05) is 13.2 Å². The van der Waals surface area contributed by atoms with Crippen LogP contribution in [0.5, 0.6) is 0 Å². The Morgan fingerprint density at radius 1 is 1.27 bits per heavy atom. The summed E-state index contributed by atoms with van der Waals surface area (Å²) in [5.41, 5.74) is 5.53. The van der Waals surface area contributed by atoms with E-state index in [0.29, 0.717) is 19.1 Å². The van der Waals surface area contributed by atoms with Crippen LogP contribution in [0.3, 0.4) is 0 Å². The summed E-state index contributed by atoms with van der Waals surface area (Å²) in [7, 11) is 0. The first-order valence-corrected chi connectivity index (χ1v) is 5.85. The van der Waals surface area contributed by atoms with E-state index in [0.717, 1.165) is 12.8 Å². The molecule has 3 nitrogen and oxygen atoms in total. The average molecular weight is 215 g/mol. The lowest BCUT2D eigenvalue weighted by Crippen LogP contribution is -2.30. The monoisotopic (exact) mass is 215 g/mol. The topological polar surface area (TPSA) is 52.3 Å². The van der Waals surface area contributed by atoms with Gasteiger partial charge in [0.05, 0.1) is 12.5 Å². The molecule has 0 spiro atoms. The quantitative estimate of drug-likeness (QED) is 0.523. The molecule has 0 saturated heterocycles. The molecule has 0 aromatic carbocycles. The second-order valence-electron chi connectivity index (χ2n) is 4.79. The Balaban J connectivity index is 3.72. The molecule has 0 aromatic rings. The first kappa shape index (κ1) is 14.4. The van der Waals surface area contributed by atoms with Gasteiger partial charge in [0.2, 0.25) is 0 Å². The molecule has 0 amide bonds. The van der Waals surface area contributed by atoms with Crippen LogP contribution in [0.2, 0.25) is 0 Å². The molecule has 0 bridgehead atoms. The summed E-state index contributed by atoms with van der Waals surface area (Å²) in [6.07, 6.45) is 2.04. The number of ether oxygens (including phenoxy) is 1. The number of hydrogen-bond acceptors (Lipinski definition) is 3. The zero-order valence-electron chi connectivity index (χ0n) is 10.5. The number of carbonyl (C=O) groups is 1. The maximum atomic E-state index is 11.6. The van der Waals surface area contributed by atoms with Gasteiger partial charge in [0.25, 0.3) is 0 Å². The maximum absolute atomic E-state index is 11.6. The predicted molar refractivity (Wildman–Crippen MR) is 62.4 cm³/mol. The zero-order chi connectivity index (χ0) is 11.8. The molecule has 1 unspecified atom stereocenters. The maximum Gasteiger partial charge on any atom is 0.310 e. The highest BCUT2D eigenvalue weighted by molar-refractivity contribution is 5.72. The summed E-state index contributed by atoms with van der Waals surface area (Å²) >= 11 is 0. The molecule has 0 aliphatic carbocycles. The fraction of sp³-hybridized carbons (Fsp3) is 0.917. The van der Waals surface area contributed by atoms with Crippen LogP contribution >= 0.6 is 0 Å². The number of esters is 1. The lowest BCUT2D eigenvalue weighted by atomic mass is 9.96. The van der Waals surface area contributed by atoms with E-state index in [4.69, 9.17) is 10.5 Å². The van der Waals surface area contributed by atoms with E-state index < -0.39 is 0 Å². The SMILES string of the molecule is CC(C)CCCOC(=O)C(CN)C(C)C. The summed E-state index contributed by atoms with van der Waals surface area (Å²) in [4.78, 5) is 11.6. The second kappa shape index (κ2) is 7.69. The fourth-order valence-electron chi connectivity index (χ4n) is 1.41. The Kier molecular flexibility index (Phi) is 7.39. The Bertz CT molecular complexity index is 178. The van der Waals surface area contributed by atoms with Crippen LogP contribution in [0, 0.1) is 17.8 Å². The van der Waals surface area contributed by atoms with Crippen molar-refractivity contribution in [2.24, 2.45) is 23.5 Å². The van der Waals surface area contributed by atoms with Gasteiger partial charge in [0.1, 0.15) is 0 Å². The lowest BCUT2D eigenvalue weighted by molar-refractivity contribution is -0.149. The molecule has 3 heteroatoms. The first-order chi connectivity index (χ1) is 6.99. The largest absolute Gasteiger partial charge is 0.465 e. The molecule has 0 heterocycles. The Morgan fingerprint density at radius 2 is 1.87 bits per heavy atom. The van der Waals surface area contributed by atoms with Gasteiger partial charge in [-0.2, -0.15) is 0 Å². The van der Waals surface area contributed by atoms with Gasteiger partial charge in [0.15, 0.2) is 0 Å². The molecule has 0 saturated carbocycles. The van der Waals surface area contributed by atoms with Gasteiger partial charge < -0.3 is 10.5 Å². The molecule has 0 aliphatic rings. The van der Waals surface area contributed by atoms with Crippen LogP contribution in [-0.4, -0.2) is 19.1 Å². The summed E-state index contributed by atoms with van der Waals surface area (Å²) in [6, 6.07) is 0. The van der Waals surface area contributed by atoms with E-state index in [1.54, 1.807) is 0 Å². The minimum atomic E-state index is -0.149. The third kappa shape index (κ3) is 6.50. The van der Waals surface area contributed by atoms with Crippen LogP contribution in [0.1, 0.15) is 40.5 Å². The zero-order valence-corrected chi connectivity index (χ0v) is 10.5. The highest BCUT2D eigenvalue weighted by atomic mass is 16.5. The van der Waals surface area contributed by atoms with Gasteiger partial charge in [-0.15, -0.1) is 0 Å². The van der Waals surface area contributed by atoms with Crippen molar-refractivity contribution < 1.29 is 9.53 Å². The minimum absolute atomic E-state index is 0.142. The number of hydrogen-bond donors (Lipinski definition) is 1. The van der Waals surface area contributed by atoms with Crippen LogP contribution in [0.4, 0.5) is 0 Å². The summed E-state index contributed by atoms with van der Waals surface area (Å²) in [6.45, 7) is 9.22. The van der Waals surface area contributed by atoms with Crippen LogP contribution < -0.4 is 5.73 Å². The third-order valence-corrected chi connectivity index (χ3v) is 2.53. The molecule has 1 atom stereocenters. The normalized spacial score (nSPS) is 13.3. The molecule has 0 radical (unpaired) electrons. The van der Waals surface area contributed by atoms with E-state index >= 15 is 0 Å². The lowest BCUT2D eigenvalue weighted by Gasteiger charge is -2.17. The highest BCUT2D eigenvalue weighted by Gasteiger charge is 2.21. The molecular formula is C12H25NO2. The van der Waals surface area contributed by atoms with Crippen molar-refractivity contribution in [3.63, 3.8) is 0 Å². The summed E-state index contributed by atoms with van der Waals surface area (Å²) in [5.74, 6) is 0.631. The Labute approximate surface area is 93.4 Å². The smallest absolute Gasteiger partial charge is 0.310 e. The van der Waals surface area contributed by atoms with Gasteiger partial charge in [0, 0.05) is 6.54 Å². The van der Waals surface area contributed by atoms with Gasteiger partial charge in [-0.05, 0) is 24.7 Å². The summed E-state index contributed by atoms with van der Waals surface area (Å²) in [5, 5.41) is 0. The van der Waals surface area contributed by atoms with E-state index in [1.807, 2.05) is 13.8 Å². The van der Waals surface area contributed by atoms with Gasteiger partial charge in [-0.25, -0.2) is 0 Å². The molecular weight excluding hydrogens is 190 g/mol. The van der Waals surface area contributed by atoms with Crippen LogP contribution in [0.25, 0.3) is 0 Å². The van der Waals surface area contributed by atoms with Crippen LogP contribution in [0.15, 0.2) is 0 Å². The van der Waals surface area contributed by atoms with Crippen molar-refractivity contribution in [1.82, 2.24) is 0 Å². The van der Waals surface area contributed by atoms with Crippen molar-refractivity contribution in [2.45, 2.75) is 40.5 Å². The van der Waals surface area contributed by atoms with Crippen molar-refractivity contribution in [3.8, 4) is 0 Å². The van der Waals surface area contributed by atoms with Crippen molar-refractivity contribution in [3.05, 3.63) is 0 Å². The average Bonchev–Trinajstić information content (AvgIpc) is 2.12. The highest BCUT2D eigenvalue weighted by Crippen LogP contribution is 2.12. The molecule has 0 aliphatic heterocycles. The van der Waals surface area contributed by atoms with Gasteiger partial charge in [-0.3, -0.25) is 4.79 Å². The van der Waals surface area contributed by atoms with Crippen molar-refractivity contribution in [1.29, 1.82) is 0 Å². The molecule has 15 heavy (non-hydrogen) atoms. The Hall–Kier alpha value is -0.570. The van der Waals surface area contributed by atoms with E-state index in [-0.39, 0.29) is 17.8 Å². The predicted octanol–water partition coefficient (Wildman–Crippen LogP) is 2.20. The molecule has 0 fully saturated rings. The molecule has 0 aromatic heterocycles. The number of rotatable bonds is 7. The molecule has 0 rings (SSSR count). The number of nitrogens with two attached hydrogens (primary N) is 1. The van der Waals surface area contributed by atoms with Gasteiger partial charge in [-0.1, -0.05) is 27.7 Å². The van der Waals surface area contributed by atoms with Crippen LogP contribution in [-0.2, 0) is 9.53 Å². The number of carbonyl (C=O) groups excluding carboxylic acids is 1. The standard InChI is InChI=1S/C12H25NO2/c1-9(2)6-5-7-15-12(14)11(8-13)10(3)4/h9-11H,5-8,13H2,1-4H3. The van der Waals surface area contributed by atoms with E-state index in [9.17, 15) is 4.79 Å². The molecule has 2 N–H and O–H groups in total. The summed E-state index contributed by atoms with van der Waals surface area (Å²) < 4.78 is 5.19. The van der Waals surface area contributed by atoms with Crippen molar-refractivity contribution >= 4 is 5.97 Å². The second-order valence-corrected chi connectivity index (χ2v) is 4.79. The van der Waals surface area contributed by atoms with E-state index in [2.05, 4.69) is 13.8 Å².